The van der Waals surface area contributed by atoms with Gasteiger partial charge in [0.25, 0.3) is 0 Å². The van der Waals surface area contributed by atoms with E-state index < -0.39 is 0 Å². The van der Waals surface area contributed by atoms with Gasteiger partial charge in [-0.05, 0) is 47.5 Å². The second-order valence-electron chi connectivity index (χ2n) is 10.1. The molecule has 37 heavy (non-hydrogen) atoms. The molecule has 0 radical (unpaired) electrons. The number of rotatable bonds is 8. The summed E-state index contributed by atoms with van der Waals surface area (Å²) < 4.78 is 26.0. The maximum atomic E-state index is 13.5. The molecule has 0 aliphatic carbocycles. The number of benzene rings is 3. The minimum absolute atomic E-state index is 0. The van der Waals surface area contributed by atoms with Gasteiger partial charge in [-0.15, -0.1) is 0 Å². The van der Waals surface area contributed by atoms with Gasteiger partial charge >= 0.3 is 6.09 Å². The fraction of sp³-hybridized carbons (Fsp3) is 0.367. The van der Waals surface area contributed by atoms with Crippen molar-refractivity contribution in [2.75, 3.05) is 38.2 Å². The third kappa shape index (κ3) is 6.51. The van der Waals surface area contributed by atoms with E-state index in [1.165, 1.54) is 17.7 Å². The van der Waals surface area contributed by atoms with Gasteiger partial charge in [0.1, 0.15) is 18.1 Å². The predicted octanol–water partition coefficient (Wildman–Crippen LogP) is 2.83. The highest BCUT2D eigenvalue weighted by Gasteiger charge is 2.47. The van der Waals surface area contributed by atoms with Crippen LogP contribution < -0.4 is 26.6 Å². The third-order valence-electron chi connectivity index (χ3n) is 7.84. The van der Waals surface area contributed by atoms with Gasteiger partial charge in [0, 0.05) is 30.9 Å². The number of amides is 1. The van der Waals surface area contributed by atoms with E-state index in [0.29, 0.717) is 12.5 Å². The van der Waals surface area contributed by atoms with Crippen LogP contribution >= 0.6 is 0 Å². The van der Waals surface area contributed by atoms with Crippen molar-refractivity contribution in [1.82, 2.24) is 0 Å². The maximum Gasteiger partial charge on any atom is 0.415 e. The molecule has 2 bridgehead atoms. The first kappa shape index (κ1) is 27.1. The Labute approximate surface area is 229 Å². The van der Waals surface area contributed by atoms with Crippen molar-refractivity contribution in [2.45, 2.75) is 31.9 Å². The average Bonchev–Trinajstić information content (AvgIpc) is 2.93. The molecule has 3 aromatic carbocycles. The van der Waals surface area contributed by atoms with E-state index in [-0.39, 0.29) is 35.0 Å². The quantitative estimate of drug-likeness (QED) is 0.392. The summed E-state index contributed by atoms with van der Waals surface area (Å²) in [7, 11) is 1.70. The number of carbonyl (C=O) groups excluding carboxylic acids is 1. The molecule has 1 amide bonds. The summed E-state index contributed by atoms with van der Waals surface area (Å²) in [4.78, 5) is 15.2. The van der Waals surface area contributed by atoms with Crippen molar-refractivity contribution in [3.63, 3.8) is 0 Å². The molecular formula is C30H34BrFN2O3. The van der Waals surface area contributed by atoms with E-state index in [2.05, 4.69) is 12.1 Å². The number of piperidine rings is 3. The van der Waals surface area contributed by atoms with Crippen LogP contribution in [-0.4, -0.2) is 50.0 Å². The summed E-state index contributed by atoms with van der Waals surface area (Å²) in [5, 5.41) is 0. The normalized spacial score (nSPS) is 22.1. The molecule has 196 valence electrons. The van der Waals surface area contributed by atoms with Gasteiger partial charge in [-0.3, -0.25) is 4.90 Å². The van der Waals surface area contributed by atoms with Crippen LogP contribution in [0, 0.1) is 11.7 Å². The molecule has 0 saturated carbocycles. The smallest absolute Gasteiger partial charge is 0.415 e. The van der Waals surface area contributed by atoms with Crippen molar-refractivity contribution in [3.05, 3.63) is 95.8 Å². The first-order valence-electron chi connectivity index (χ1n) is 12.8. The first-order valence-corrected chi connectivity index (χ1v) is 12.8. The Morgan fingerprint density at radius 2 is 1.70 bits per heavy atom. The summed E-state index contributed by atoms with van der Waals surface area (Å²) in [6, 6.07) is 24.1. The third-order valence-corrected chi connectivity index (χ3v) is 7.84. The zero-order valence-electron chi connectivity index (χ0n) is 21.2. The van der Waals surface area contributed by atoms with Crippen LogP contribution in [0.3, 0.4) is 0 Å². The lowest BCUT2D eigenvalue weighted by Crippen LogP contribution is -3.00. The molecule has 0 aromatic heterocycles. The number of fused-ring (bicyclic) bond motifs is 3. The van der Waals surface area contributed by atoms with E-state index >= 15 is 0 Å². The Morgan fingerprint density at radius 1 is 0.973 bits per heavy atom. The van der Waals surface area contributed by atoms with E-state index in [9.17, 15) is 9.18 Å². The van der Waals surface area contributed by atoms with Gasteiger partial charge in [-0.1, -0.05) is 42.5 Å². The van der Waals surface area contributed by atoms with Crippen LogP contribution in [0.15, 0.2) is 78.9 Å². The molecule has 7 heteroatoms. The Kier molecular flexibility index (Phi) is 8.87. The van der Waals surface area contributed by atoms with Crippen LogP contribution in [0.5, 0.6) is 5.75 Å². The van der Waals surface area contributed by atoms with Crippen molar-refractivity contribution < 1.29 is 40.1 Å². The Morgan fingerprint density at radius 3 is 2.41 bits per heavy atom. The van der Waals surface area contributed by atoms with E-state index in [0.717, 1.165) is 66.9 Å². The van der Waals surface area contributed by atoms with E-state index in [4.69, 9.17) is 9.47 Å². The SMILES string of the molecule is COc1cccc(CC[N+]23CCC(CC2)[C@@H](OC(=O)N(Cc2ccc(F)cc2)c2ccccc2)C3)c1.[Br-]. The van der Waals surface area contributed by atoms with Gasteiger partial charge in [-0.2, -0.15) is 0 Å². The minimum Gasteiger partial charge on any atom is -1.00 e. The minimum atomic E-state index is -0.338. The van der Waals surface area contributed by atoms with Crippen LogP contribution in [-0.2, 0) is 17.7 Å². The number of quaternary nitrogens is 1. The molecule has 3 aliphatic heterocycles. The number of para-hydroxylation sites is 1. The number of hydrogen-bond acceptors (Lipinski definition) is 3. The zero-order chi connectivity index (χ0) is 25.0. The average molecular weight is 570 g/mol. The van der Waals surface area contributed by atoms with Gasteiger partial charge in [-0.25, -0.2) is 9.18 Å². The monoisotopic (exact) mass is 568 g/mol. The fourth-order valence-corrected chi connectivity index (χ4v) is 5.70. The molecule has 3 fully saturated rings. The number of halogens is 2. The first-order chi connectivity index (χ1) is 17.5. The lowest BCUT2D eigenvalue weighted by Gasteiger charge is -2.52. The number of methoxy groups -OCH3 is 1. The molecule has 3 saturated heterocycles. The molecule has 6 rings (SSSR count). The molecule has 0 N–H and O–H groups in total. The summed E-state index contributed by atoms with van der Waals surface area (Å²) in [6.07, 6.45) is 2.71. The van der Waals surface area contributed by atoms with Crippen molar-refractivity contribution in [1.29, 1.82) is 0 Å². The Hall–Kier alpha value is -2.90. The van der Waals surface area contributed by atoms with Crippen LogP contribution in [0.25, 0.3) is 0 Å². The molecule has 3 aliphatic rings. The lowest BCUT2D eigenvalue weighted by molar-refractivity contribution is -0.945. The number of carbonyl (C=O) groups is 1. The van der Waals surface area contributed by atoms with Crippen molar-refractivity contribution in [3.8, 4) is 5.75 Å². The zero-order valence-corrected chi connectivity index (χ0v) is 22.8. The van der Waals surface area contributed by atoms with Crippen LogP contribution in [0.1, 0.15) is 24.0 Å². The van der Waals surface area contributed by atoms with Gasteiger partial charge in [0.05, 0.1) is 33.3 Å². The standard InChI is InChI=1S/C30H34FN2O3.BrH/c1-35-28-9-5-6-23(20-28)14-17-33-18-15-25(16-19-33)29(22-33)36-30(34)32(27-7-3-2-4-8-27)21-24-10-12-26(31)13-11-24;/h2-13,20,25,29H,14-19,21-22H2,1H3;1H/q+1;/p-1/t25?,29-,33?;/m0./s1. The molecular weight excluding hydrogens is 535 g/mol. The van der Waals surface area contributed by atoms with E-state index in [1.807, 2.05) is 42.5 Å². The number of hydrogen-bond donors (Lipinski definition) is 0. The molecule has 5 nitrogen and oxygen atoms in total. The summed E-state index contributed by atoms with van der Waals surface area (Å²) in [5.74, 6) is 1.01. The molecule has 0 spiro atoms. The highest BCUT2D eigenvalue weighted by atomic mass is 79.9. The largest absolute Gasteiger partial charge is 1.00 e. The number of ether oxygens (including phenoxy) is 2. The van der Waals surface area contributed by atoms with E-state index in [1.54, 1.807) is 24.1 Å². The topological polar surface area (TPSA) is 38.8 Å². The number of anilines is 1. The Balaban J connectivity index is 0.00000320. The second-order valence-corrected chi connectivity index (χ2v) is 10.1. The molecule has 3 aromatic rings. The highest BCUT2D eigenvalue weighted by Crippen LogP contribution is 2.36. The summed E-state index contributed by atoms with van der Waals surface area (Å²) >= 11 is 0. The number of nitrogens with zero attached hydrogens (tertiary/aromatic N) is 2. The summed E-state index contributed by atoms with van der Waals surface area (Å²) in [6.45, 7) is 4.50. The Bertz CT molecular complexity index is 1170. The predicted molar refractivity (Wildman–Crippen MR) is 138 cm³/mol. The molecule has 0 unspecified atom stereocenters. The maximum absolute atomic E-state index is 13.5. The summed E-state index contributed by atoms with van der Waals surface area (Å²) in [5.41, 5.74) is 2.90. The van der Waals surface area contributed by atoms with Gasteiger partial charge < -0.3 is 30.9 Å². The molecule has 1 atom stereocenters. The van der Waals surface area contributed by atoms with Crippen LogP contribution in [0.2, 0.25) is 0 Å². The van der Waals surface area contributed by atoms with Crippen molar-refractivity contribution >= 4 is 11.8 Å². The molecule has 3 heterocycles. The van der Waals surface area contributed by atoms with Gasteiger partial charge in [0.2, 0.25) is 0 Å². The van der Waals surface area contributed by atoms with Gasteiger partial charge in [0.15, 0.2) is 6.10 Å². The lowest BCUT2D eigenvalue weighted by atomic mass is 9.83. The fourth-order valence-electron chi connectivity index (χ4n) is 5.70. The van der Waals surface area contributed by atoms with Crippen molar-refractivity contribution in [2.24, 2.45) is 5.92 Å². The second kappa shape index (κ2) is 12.1. The highest BCUT2D eigenvalue weighted by molar-refractivity contribution is 5.87. The van der Waals surface area contributed by atoms with Crippen LogP contribution in [0.4, 0.5) is 14.9 Å².